The molecule has 0 aromatic heterocycles. The van der Waals surface area contributed by atoms with Crippen LogP contribution in [0.25, 0.3) is 0 Å². The van der Waals surface area contributed by atoms with Crippen LogP contribution in [0.2, 0.25) is 0 Å². The maximum atomic E-state index is 11.8. The van der Waals surface area contributed by atoms with Gasteiger partial charge in [-0.25, -0.2) is 0 Å². The van der Waals surface area contributed by atoms with Gasteiger partial charge in [0.2, 0.25) is 0 Å². The van der Waals surface area contributed by atoms with Crippen molar-refractivity contribution < 1.29 is 4.92 Å². The zero-order valence-corrected chi connectivity index (χ0v) is 17.7. The van der Waals surface area contributed by atoms with E-state index in [9.17, 15) is 10.1 Å². The highest BCUT2D eigenvalue weighted by molar-refractivity contribution is 8.03. The maximum absolute atomic E-state index is 11.8. The number of hydrogen-bond acceptors (Lipinski definition) is 4. The van der Waals surface area contributed by atoms with Gasteiger partial charge in [-0.2, -0.15) is 0 Å². The standard InChI is InChI=1S/C18H21Cl3N2O2S/c1-12-8-10-13(11-9-12)22(2)18(26-14-6-4-3-5-7-14)16(23(24)25)15(19)17(20)21/h3-7,12-13H,8-11H2,1-2H3. The summed E-state index contributed by atoms with van der Waals surface area (Å²) < 4.78 is -0.310. The van der Waals surface area contributed by atoms with Gasteiger partial charge in [-0.05, 0) is 43.7 Å². The predicted molar refractivity (Wildman–Crippen MR) is 110 cm³/mol. The number of nitro groups is 1. The molecule has 1 fully saturated rings. The van der Waals surface area contributed by atoms with Crippen LogP contribution in [-0.4, -0.2) is 22.9 Å². The Kier molecular flexibility index (Phi) is 8.14. The number of benzene rings is 1. The Balaban J connectivity index is 2.48. The molecule has 0 spiro atoms. The molecule has 0 amide bonds. The zero-order valence-electron chi connectivity index (χ0n) is 14.6. The molecule has 1 aromatic rings. The molecule has 0 N–H and O–H groups in total. The van der Waals surface area contributed by atoms with Crippen LogP contribution in [0.4, 0.5) is 0 Å². The highest BCUT2D eigenvalue weighted by atomic mass is 35.5. The van der Waals surface area contributed by atoms with Gasteiger partial charge in [-0.15, -0.1) is 0 Å². The molecular weight excluding hydrogens is 415 g/mol. The molecule has 1 aliphatic carbocycles. The largest absolute Gasteiger partial charge is 0.361 e. The molecule has 142 valence electrons. The normalized spacial score (nSPS) is 21.0. The summed E-state index contributed by atoms with van der Waals surface area (Å²) in [5, 5.41) is 12.0. The van der Waals surface area contributed by atoms with Gasteiger partial charge in [0.05, 0.1) is 4.92 Å². The van der Waals surface area contributed by atoms with Crippen LogP contribution in [-0.2, 0) is 0 Å². The molecule has 8 heteroatoms. The van der Waals surface area contributed by atoms with Crippen molar-refractivity contribution in [2.75, 3.05) is 7.05 Å². The van der Waals surface area contributed by atoms with Crippen molar-refractivity contribution in [1.82, 2.24) is 4.90 Å². The summed E-state index contributed by atoms with van der Waals surface area (Å²) in [6, 6.07) is 9.69. The molecule has 2 rings (SSSR count). The van der Waals surface area contributed by atoms with Gasteiger partial charge in [-0.3, -0.25) is 10.1 Å². The molecule has 0 atom stereocenters. The molecule has 1 aliphatic rings. The fourth-order valence-corrected chi connectivity index (χ4v) is 4.50. The van der Waals surface area contributed by atoms with Gasteiger partial charge in [0, 0.05) is 18.0 Å². The minimum atomic E-state index is -0.514. The van der Waals surface area contributed by atoms with Gasteiger partial charge in [0.25, 0.3) is 0 Å². The summed E-state index contributed by atoms with van der Waals surface area (Å²) in [5.74, 6) is 0.685. The second kappa shape index (κ2) is 9.88. The molecule has 0 bridgehead atoms. The fraction of sp³-hybridized carbons (Fsp3) is 0.444. The van der Waals surface area contributed by atoms with E-state index in [2.05, 4.69) is 6.92 Å². The summed E-state index contributed by atoms with van der Waals surface area (Å²) in [5.41, 5.74) is -0.262. The van der Waals surface area contributed by atoms with Gasteiger partial charge >= 0.3 is 5.70 Å². The first-order valence-electron chi connectivity index (χ1n) is 8.36. The molecule has 0 aliphatic heterocycles. The van der Waals surface area contributed by atoms with E-state index in [1.54, 1.807) is 0 Å². The van der Waals surface area contributed by atoms with E-state index in [0.29, 0.717) is 10.9 Å². The minimum absolute atomic E-state index is 0.214. The van der Waals surface area contributed by atoms with E-state index in [0.717, 1.165) is 30.6 Å². The van der Waals surface area contributed by atoms with Gasteiger partial charge in [-0.1, -0.05) is 71.7 Å². The molecule has 0 radical (unpaired) electrons. The summed E-state index contributed by atoms with van der Waals surface area (Å²) in [6.45, 7) is 2.24. The van der Waals surface area contributed by atoms with Crippen molar-refractivity contribution in [2.24, 2.45) is 5.92 Å². The lowest BCUT2D eigenvalue weighted by Crippen LogP contribution is -2.34. The number of nitrogens with zero attached hydrogens (tertiary/aromatic N) is 2. The highest BCUT2D eigenvalue weighted by Crippen LogP contribution is 2.39. The number of thioether (sulfide) groups is 1. The van der Waals surface area contributed by atoms with Gasteiger partial charge in [0.1, 0.15) is 4.49 Å². The molecule has 0 unspecified atom stereocenters. The lowest BCUT2D eigenvalue weighted by Gasteiger charge is -2.35. The van der Waals surface area contributed by atoms with Crippen molar-refractivity contribution in [1.29, 1.82) is 0 Å². The molecule has 0 saturated heterocycles. The Morgan fingerprint density at radius 1 is 1.15 bits per heavy atom. The van der Waals surface area contributed by atoms with Crippen LogP contribution >= 0.6 is 46.6 Å². The summed E-state index contributed by atoms with van der Waals surface area (Å²) in [4.78, 5) is 14.1. The number of hydrogen-bond donors (Lipinski definition) is 0. The fourth-order valence-electron chi connectivity index (χ4n) is 3.02. The number of halogens is 3. The quantitative estimate of drug-likeness (QED) is 0.218. The van der Waals surface area contributed by atoms with E-state index >= 15 is 0 Å². The van der Waals surface area contributed by atoms with Crippen LogP contribution in [0.3, 0.4) is 0 Å². The molecule has 4 nitrogen and oxygen atoms in total. The third-order valence-corrected chi connectivity index (χ3v) is 6.69. The first-order valence-corrected chi connectivity index (χ1v) is 10.3. The number of rotatable bonds is 6. The van der Waals surface area contributed by atoms with E-state index in [1.165, 1.54) is 11.8 Å². The summed E-state index contributed by atoms with van der Waals surface area (Å²) >= 11 is 19.0. The Morgan fingerprint density at radius 3 is 2.23 bits per heavy atom. The Morgan fingerprint density at radius 2 is 1.73 bits per heavy atom. The molecular formula is C18H21Cl3N2O2S. The first-order chi connectivity index (χ1) is 12.3. The van der Waals surface area contributed by atoms with E-state index < -0.39 is 4.92 Å². The van der Waals surface area contributed by atoms with Crippen LogP contribution in [0.1, 0.15) is 32.6 Å². The Labute approximate surface area is 173 Å². The van der Waals surface area contributed by atoms with E-state index in [-0.39, 0.29) is 21.3 Å². The molecule has 1 aromatic carbocycles. The predicted octanol–water partition coefficient (Wildman–Crippen LogP) is 6.62. The van der Waals surface area contributed by atoms with Crippen molar-refractivity contribution in [2.45, 2.75) is 43.5 Å². The van der Waals surface area contributed by atoms with E-state index in [4.69, 9.17) is 34.8 Å². The van der Waals surface area contributed by atoms with Crippen molar-refractivity contribution >= 4 is 46.6 Å². The average Bonchev–Trinajstić information content (AvgIpc) is 2.61. The van der Waals surface area contributed by atoms with Gasteiger partial charge in [0.15, 0.2) is 10.1 Å². The topological polar surface area (TPSA) is 46.4 Å². The Hall–Kier alpha value is -0.880. The van der Waals surface area contributed by atoms with Crippen molar-refractivity contribution in [3.05, 3.63) is 60.7 Å². The Bertz CT molecular complexity index is 698. The van der Waals surface area contributed by atoms with Crippen LogP contribution < -0.4 is 0 Å². The molecule has 1 saturated carbocycles. The SMILES string of the molecule is CC1CCC(N(C)C(Sc2ccccc2)=C(C(Cl)=C(Cl)Cl)[N+](=O)[O-])CC1. The number of allylic oxidation sites excluding steroid dienone is 1. The third-order valence-electron chi connectivity index (χ3n) is 4.57. The molecule has 26 heavy (non-hydrogen) atoms. The first kappa shape index (κ1) is 21.4. The summed E-state index contributed by atoms with van der Waals surface area (Å²) in [6.07, 6.45) is 4.17. The maximum Gasteiger partial charge on any atom is 0.320 e. The van der Waals surface area contributed by atoms with Crippen LogP contribution in [0.15, 0.2) is 55.5 Å². The van der Waals surface area contributed by atoms with E-state index in [1.807, 2.05) is 42.3 Å². The second-order valence-corrected chi connectivity index (χ2v) is 8.81. The van der Waals surface area contributed by atoms with Crippen molar-refractivity contribution in [3.8, 4) is 0 Å². The second-order valence-electron chi connectivity index (χ2n) is 6.42. The monoisotopic (exact) mass is 434 g/mol. The van der Waals surface area contributed by atoms with Gasteiger partial charge < -0.3 is 4.90 Å². The smallest absolute Gasteiger partial charge is 0.320 e. The zero-order chi connectivity index (χ0) is 19.3. The van der Waals surface area contributed by atoms with Crippen molar-refractivity contribution in [3.63, 3.8) is 0 Å². The van der Waals surface area contributed by atoms with Crippen LogP contribution in [0.5, 0.6) is 0 Å². The lowest BCUT2D eigenvalue weighted by molar-refractivity contribution is -0.421. The highest BCUT2D eigenvalue weighted by Gasteiger charge is 2.32. The average molecular weight is 436 g/mol. The third kappa shape index (κ3) is 5.56. The molecule has 0 heterocycles. The van der Waals surface area contributed by atoms with Crippen LogP contribution in [0, 0.1) is 16.0 Å². The lowest BCUT2D eigenvalue weighted by atomic mass is 9.87. The summed E-state index contributed by atoms with van der Waals surface area (Å²) in [7, 11) is 1.88. The minimum Gasteiger partial charge on any atom is -0.361 e.